The molecule has 2 heterocycles. The average Bonchev–Trinajstić information content (AvgIpc) is 2.88. The minimum atomic E-state index is -0.160. The van der Waals surface area contributed by atoms with Gasteiger partial charge in [0.05, 0.1) is 18.1 Å². The molecule has 0 radical (unpaired) electrons. The highest BCUT2D eigenvalue weighted by Crippen LogP contribution is 2.16. The summed E-state index contributed by atoms with van der Waals surface area (Å²) in [5, 5.41) is 2.78. The minimum absolute atomic E-state index is 0.160. The first-order valence-electron chi connectivity index (χ1n) is 4.81. The third-order valence-corrected chi connectivity index (χ3v) is 2.71. The highest BCUT2D eigenvalue weighted by Gasteiger charge is 2.11. The van der Waals surface area contributed by atoms with Crippen molar-refractivity contribution in [2.24, 2.45) is 0 Å². The van der Waals surface area contributed by atoms with E-state index >= 15 is 0 Å². The van der Waals surface area contributed by atoms with Gasteiger partial charge in [-0.25, -0.2) is 0 Å². The highest BCUT2D eigenvalue weighted by molar-refractivity contribution is 9.10. The van der Waals surface area contributed by atoms with Crippen LogP contribution in [-0.2, 0) is 6.42 Å². The number of nitrogens with one attached hydrogen (secondary N) is 1. The standard InChI is InChI=1S/C11H10BrNO3/c12-10-9(4-7-16-10)11(14)13-5-3-8-2-1-6-15-8/h1-2,4,6-7H,3,5H2,(H,13,14). The van der Waals surface area contributed by atoms with E-state index in [1.807, 2.05) is 12.1 Å². The Morgan fingerprint density at radius 2 is 2.19 bits per heavy atom. The lowest BCUT2D eigenvalue weighted by Gasteiger charge is -2.01. The van der Waals surface area contributed by atoms with Gasteiger partial charge in [-0.2, -0.15) is 0 Å². The molecule has 2 aromatic rings. The van der Waals surface area contributed by atoms with Gasteiger partial charge < -0.3 is 14.2 Å². The first kappa shape index (κ1) is 11.0. The molecule has 0 bridgehead atoms. The van der Waals surface area contributed by atoms with Gasteiger partial charge in [0.25, 0.3) is 5.91 Å². The Labute approximate surface area is 101 Å². The zero-order chi connectivity index (χ0) is 11.4. The van der Waals surface area contributed by atoms with E-state index in [2.05, 4.69) is 21.2 Å². The van der Waals surface area contributed by atoms with Crippen LogP contribution in [0.25, 0.3) is 0 Å². The second kappa shape index (κ2) is 5.03. The Morgan fingerprint density at radius 3 is 2.81 bits per heavy atom. The van der Waals surface area contributed by atoms with Crippen molar-refractivity contribution in [2.75, 3.05) is 6.54 Å². The van der Waals surface area contributed by atoms with E-state index in [9.17, 15) is 4.79 Å². The van der Waals surface area contributed by atoms with Crippen molar-refractivity contribution in [1.29, 1.82) is 0 Å². The molecule has 0 atom stereocenters. The minimum Gasteiger partial charge on any atom is -0.469 e. The van der Waals surface area contributed by atoms with Crippen LogP contribution in [0.2, 0.25) is 0 Å². The topological polar surface area (TPSA) is 55.4 Å². The molecular weight excluding hydrogens is 274 g/mol. The summed E-state index contributed by atoms with van der Waals surface area (Å²) in [6.07, 6.45) is 3.75. The predicted molar refractivity (Wildman–Crippen MR) is 61.2 cm³/mol. The molecule has 0 saturated carbocycles. The van der Waals surface area contributed by atoms with Gasteiger partial charge in [-0.05, 0) is 34.1 Å². The summed E-state index contributed by atoms with van der Waals surface area (Å²) >= 11 is 3.15. The first-order valence-corrected chi connectivity index (χ1v) is 5.60. The van der Waals surface area contributed by atoms with E-state index in [4.69, 9.17) is 8.83 Å². The van der Waals surface area contributed by atoms with Crippen molar-refractivity contribution < 1.29 is 13.6 Å². The molecule has 4 nitrogen and oxygen atoms in total. The molecule has 0 fully saturated rings. The van der Waals surface area contributed by atoms with Crippen LogP contribution >= 0.6 is 15.9 Å². The molecule has 2 aromatic heterocycles. The molecular formula is C11H10BrNO3. The van der Waals surface area contributed by atoms with Crippen LogP contribution in [0.1, 0.15) is 16.1 Å². The molecule has 1 amide bonds. The number of carbonyl (C=O) groups is 1. The fourth-order valence-electron chi connectivity index (χ4n) is 1.31. The SMILES string of the molecule is O=C(NCCc1ccco1)c1ccoc1Br. The van der Waals surface area contributed by atoms with Crippen LogP contribution in [0.3, 0.4) is 0 Å². The van der Waals surface area contributed by atoms with Crippen LogP contribution in [0, 0.1) is 0 Å². The van der Waals surface area contributed by atoms with Crippen LogP contribution < -0.4 is 5.32 Å². The first-order chi connectivity index (χ1) is 7.77. The second-order valence-corrected chi connectivity index (χ2v) is 3.91. The maximum Gasteiger partial charge on any atom is 0.255 e. The van der Waals surface area contributed by atoms with Crippen molar-refractivity contribution in [2.45, 2.75) is 6.42 Å². The summed E-state index contributed by atoms with van der Waals surface area (Å²) in [4.78, 5) is 11.6. The summed E-state index contributed by atoms with van der Waals surface area (Å²) < 4.78 is 10.6. The zero-order valence-electron chi connectivity index (χ0n) is 8.40. The summed E-state index contributed by atoms with van der Waals surface area (Å²) in [5.41, 5.74) is 0.499. The Morgan fingerprint density at radius 1 is 1.31 bits per heavy atom. The highest BCUT2D eigenvalue weighted by atomic mass is 79.9. The van der Waals surface area contributed by atoms with E-state index in [0.717, 1.165) is 5.76 Å². The number of furan rings is 2. The second-order valence-electron chi connectivity index (χ2n) is 3.19. The molecule has 0 spiro atoms. The van der Waals surface area contributed by atoms with Crippen molar-refractivity contribution in [3.63, 3.8) is 0 Å². The predicted octanol–water partition coefficient (Wildman–Crippen LogP) is 2.61. The van der Waals surface area contributed by atoms with Gasteiger partial charge in [-0.15, -0.1) is 0 Å². The van der Waals surface area contributed by atoms with Crippen LogP contribution in [-0.4, -0.2) is 12.5 Å². The van der Waals surface area contributed by atoms with E-state index < -0.39 is 0 Å². The number of halogens is 1. The molecule has 5 heteroatoms. The monoisotopic (exact) mass is 283 g/mol. The molecule has 2 rings (SSSR count). The van der Waals surface area contributed by atoms with Gasteiger partial charge in [0.15, 0.2) is 4.67 Å². The lowest BCUT2D eigenvalue weighted by atomic mass is 10.3. The third kappa shape index (κ3) is 2.55. The molecule has 0 saturated heterocycles. The van der Waals surface area contributed by atoms with Crippen molar-refractivity contribution in [1.82, 2.24) is 5.32 Å². The number of rotatable bonds is 4. The number of carbonyl (C=O) groups excluding carboxylic acids is 1. The average molecular weight is 284 g/mol. The fraction of sp³-hybridized carbons (Fsp3) is 0.182. The van der Waals surface area contributed by atoms with Gasteiger partial charge >= 0.3 is 0 Å². The quantitative estimate of drug-likeness (QED) is 0.938. The molecule has 0 aliphatic heterocycles. The summed E-state index contributed by atoms with van der Waals surface area (Å²) in [6.45, 7) is 0.532. The van der Waals surface area contributed by atoms with Crippen LogP contribution in [0.4, 0.5) is 0 Å². The summed E-state index contributed by atoms with van der Waals surface area (Å²) in [6, 6.07) is 5.32. The largest absolute Gasteiger partial charge is 0.469 e. The maximum atomic E-state index is 11.6. The summed E-state index contributed by atoms with van der Waals surface area (Å²) in [7, 11) is 0. The van der Waals surface area contributed by atoms with Gasteiger partial charge in [-0.3, -0.25) is 4.79 Å². The fourth-order valence-corrected chi connectivity index (χ4v) is 1.73. The zero-order valence-corrected chi connectivity index (χ0v) is 9.99. The number of hydrogen-bond donors (Lipinski definition) is 1. The number of amides is 1. The van der Waals surface area contributed by atoms with Gasteiger partial charge in [0.2, 0.25) is 0 Å². The van der Waals surface area contributed by atoms with E-state index in [0.29, 0.717) is 23.2 Å². The molecule has 0 aromatic carbocycles. The smallest absolute Gasteiger partial charge is 0.255 e. The normalized spacial score (nSPS) is 10.3. The lowest BCUT2D eigenvalue weighted by molar-refractivity contribution is 0.0952. The molecule has 84 valence electrons. The van der Waals surface area contributed by atoms with E-state index in [1.54, 1.807) is 12.3 Å². The molecule has 0 aliphatic carbocycles. The molecule has 1 N–H and O–H groups in total. The Bertz CT molecular complexity index is 461. The maximum absolute atomic E-state index is 11.6. The third-order valence-electron chi connectivity index (χ3n) is 2.10. The van der Waals surface area contributed by atoms with Crippen LogP contribution in [0.5, 0.6) is 0 Å². The van der Waals surface area contributed by atoms with E-state index in [1.165, 1.54) is 6.26 Å². The number of hydrogen-bond acceptors (Lipinski definition) is 3. The molecule has 0 aliphatic rings. The van der Waals surface area contributed by atoms with Crippen molar-refractivity contribution >= 4 is 21.8 Å². The van der Waals surface area contributed by atoms with E-state index in [-0.39, 0.29) is 5.91 Å². The lowest BCUT2D eigenvalue weighted by Crippen LogP contribution is -2.25. The van der Waals surface area contributed by atoms with Crippen molar-refractivity contribution in [3.8, 4) is 0 Å². The Kier molecular flexibility index (Phi) is 3.46. The summed E-state index contributed by atoms with van der Waals surface area (Å²) in [5.74, 6) is 0.693. The van der Waals surface area contributed by atoms with Crippen molar-refractivity contribution in [3.05, 3.63) is 46.7 Å². The van der Waals surface area contributed by atoms with Crippen LogP contribution in [0.15, 0.2) is 44.2 Å². The Balaban J connectivity index is 1.83. The molecule has 16 heavy (non-hydrogen) atoms. The van der Waals surface area contributed by atoms with Gasteiger partial charge in [0, 0.05) is 13.0 Å². The van der Waals surface area contributed by atoms with Gasteiger partial charge in [-0.1, -0.05) is 0 Å². The van der Waals surface area contributed by atoms with Gasteiger partial charge in [0.1, 0.15) is 5.76 Å². The Hall–Kier alpha value is -1.49. The molecule has 0 unspecified atom stereocenters.